The maximum Gasteiger partial charge on any atom is 0.255 e. The molecule has 2 fully saturated rings. The summed E-state index contributed by atoms with van der Waals surface area (Å²) in [5.41, 5.74) is 3.06. The minimum atomic E-state index is -0.862. The monoisotopic (exact) mass is 495 g/mol. The Morgan fingerprint density at radius 1 is 1.28 bits per heavy atom. The number of aryl methyl sites for hydroxylation is 1. The number of aliphatic hydroxyl groups excluding tert-OH is 1. The van der Waals surface area contributed by atoms with Crippen LogP contribution in [0.3, 0.4) is 0 Å². The molecular weight excluding hydrogens is 465 g/mol. The number of fused-ring (bicyclic) bond motifs is 1. The highest BCUT2D eigenvalue weighted by atomic mass is 19.1. The summed E-state index contributed by atoms with van der Waals surface area (Å²) in [7, 11) is 0. The van der Waals surface area contributed by atoms with Gasteiger partial charge in [0.1, 0.15) is 29.1 Å². The Morgan fingerprint density at radius 2 is 2.08 bits per heavy atom. The summed E-state index contributed by atoms with van der Waals surface area (Å²) in [6, 6.07) is 3.85. The molecule has 2 amide bonds. The quantitative estimate of drug-likeness (QED) is 0.464. The number of nitrogens with zero attached hydrogens (tertiary/aromatic N) is 3. The van der Waals surface area contributed by atoms with Gasteiger partial charge in [-0.2, -0.15) is 0 Å². The van der Waals surface area contributed by atoms with Crippen molar-refractivity contribution in [3.05, 3.63) is 41.6 Å². The fourth-order valence-electron chi connectivity index (χ4n) is 4.70. The number of hydrogen-bond acceptors (Lipinski definition) is 6. The third-order valence-corrected chi connectivity index (χ3v) is 6.92. The highest BCUT2D eigenvalue weighted by Gasteiger charge is 2.32. The van der Waals surface area contributed by atoms with E-state index in [1.807, 2.05) is 0 Å². The average molecular weight is 496 g/mol. The van der Waals surface area contributed by atoms with Crippen molar-refractivity contribution in [2.75, 3.05) is 19.7 Å². The topological polar surface area (TPSA) is 120 Å². The maximum atomic E-state index is 14.0. The highest BCUT2D eigenvalue weighted by molar-refractivity contribution is 6.09. The Labute approximate surface area is 208 Å². The van der Waals surface area contributed by atoms with E-state index in [0.29, 0.717) is 71.2 Å². The molecular formula is C26H30FN5O4. The number of rotatable bonds is 7. The predicted molar refractivity (Wildman–Crippen MR) is 131 cm³/mol. The van der Waals surface area contributed by atoms with Crippen molar-refractivity contribution in [1.29, 1.82) is 0 Å². The second-order valence-electron chi connectivity index (χ2n) is 9.60. The molecule has 3 aromatic rings. The van der Waals surface area contributed by atoms with Crippen molar-refractivity contribution in [2.45, 2.75) is 51.7 Å². The number of likely N-dealkylation sites (tertiary alicyclic amines) is 1. The number of carbonyl (C=O) groups excluding carboxylic acids is 2. The van der Waals surface area contributed by atoms with Crippen molar-refractivity contribution in [2.24, 2.45) is 5.92 Å². The Hall–Kier alpha value is -3.53. The summed E-state index contributed by atoms with van der Waals surface area (Å²) in [5.74, 6) is 0.111. The fourth-order valence-corrected chi connectivity index (χ4v) is 4.70. The lowest BCUT2D eigenvalue weighted by molar-refractivity contribution is -0.134. The van der Waals surface area contributed by atoms with Crippen LogP contribution in [0.25, 0.3) is 22.3 Å². The lowest BCUT2D eigenvalue weighted by Gasteiger charge is -2.36. The van der Waals surface area contributed by atoms with Gasteiger partial charge in [0, 0.05) is 36.8 Å². The lowest BCUT2D eigenvalue weighted by atomic mass is 10.0. The van der Waals surface area contributed by atoms with E-state index in [0.717, 1.165) is 12.8 Å². The second-order valence-corrected chi connectivity index (χ2v) is 9.60. The van der Waals surface area contributed by atoms with Gasteiger partial charge in [-0.25, -0.2) is 14.4 Å². The zero-order valence-electron chi connectivity index (χ0n) is 20.4. The van der Waals surface area contributed by atoms with E-state index in [1.54, 1.807) is 24.8 Å². The number of halogens is 1. The maximum absolute atomic E-state index is 14.0. The van der Waals surface area contributed by atoms with Crippen LogP contribution in [-0.4, -0.2) is 68.6 Å². The number of β-amino-alcohol motifs (C(OH)–C–C–N with tert-alkyl or cyclic N) is 1. The highest BCUT2D eigenvalue weighted by Crippen LogP contribution is 2.36. The molecule has 0 unspecified atom stereocenters. The number of H-pyrrole nitrogens is 1. The Morgan fingerprint density at radius 3 is 2.81 bits per heavy atom. The van der Waals surface area contributed by atoms with Crippen molar-refractivity contribution >= 4 is 22.8 Å². The smallest absolute Gasteiger partial charge is 0.255 e. The third kappa shape index (κ3) is 4.77. The van der Waals surface area contributed by atoms with Crippen LogP contribution in [0.2, 0.25) is 0 Å². The summed E-state index contributed by atoms with van der Waals surface area (Å²) in [6.07, 6.45) is 3.57. The van der Waals surface area contributed by atoms with Gasteiger partial charge in [-0.05, 0) is 44.2 Å². The van der Waals surface area contributed by atoms with Crippen LogP contribution in [0.5, 0.6) is 5.75 Å². The van der Waals surface area contributed by atoms with Gasteiger partial charge < -0.3 is 25.0 Å². The average Bonchev–Trinajstić information content (AvgIpc) is 3.63. The number of hydrogen-bond donors (Lipinski definition) is 3. The standard InChI is InChI=1S/C26H30FN5O4/c1-3-21(34)32-9-8-18(19(33)11-32)31-26(35)22-14(2)30-25-23(28-13-29-24(22)25)17-7-6-16(27)10-20(17)36-12-15-4-5-15/h6-7,10,13,15,18-19,30,33H,3-5,8-9,11-12H2,1-2H3,(H,31,35)/t18-,19+/m1/s1. The number of carbonyl (C=O) groups is 2. The summed E-state index contributed by atoms with van der Waals surface area (Å²) in [4.78, 5) is 38.9. The van der Waals surface area contributed by atoms with E-state index in [1.165, 1.54) is 18.5 Å². The zero-order valence-corrected chi connectivity index (χ0v) is 20.4. The zero-order chi connectivity index (χ0) is 25.4. The van der Waals surface area contributed by atoms with E-state index in [9.17, 15) is 19.1 Å². The summed E-state index contributed by atoms with van der Waals surface area (Å²) in [6.45, 7) is 4.74. The van der Waals surface area contributed by atoms with Crippen LogP contribution < -0.4 is 10.1 Å². The largest absolute Gasteiger partial charge is 0.492 e. The second kappa shape index (κ2) is 9.85. The van der Waals surface area contributed by atoms with Crippen molar-refractivity contribution in [3.8, 4) is 17.0 Å². The molecule has 190 valence electrons. The minimum absolute atomic E-state index is 0.0168. The van der Waals surface area contributed by atoms with Crippen molar-refractivity contribution < 1.29 is 23.8 Å². The molecule has 36 heavy (non-hydrogen) atoms. The summed E-state index contributed by atoms with van der Waals surface area (Å²) < 4.78 is 19.9. The van der Waals surface area contributed by atoms with Crippen LogP contribution in [0.1, 0.15) is 48.7 Å². The normalized spacial score (nSPS) is 19.9. The SMILES string of the molecule is CCC(=O)N1CC[C@@H](NC(=O)c2c(C)[nH]c3c(-c4ccc(F)cc4OCC4CC4)ncnc23)[C@@H](O)C1. The van der Waals surface area contributed by atoms with E-state index in [-0.39, 0.29) is 18.4 Å². The van der Waals surface area contributed by atoms with Gasteiger partial charge in [0.15, 0.2) is 0 Å². The molecule has 5 rings (SSSR count). The van der Waals surface area contributed by atoms with Gasteiger partial charge in [-0.1, -0.05) is 6.92 Å². The molecule has 2 aliphatic rings. The first-order valence-electron chi connectivity index (χ1n) is 12.4. The van der Waals surface area contributed by atoms with E-state index in [4.69, 9.17) is 4.74 Å². The van der Waals surface area contributed by atoms with Crippen LogP contribution in [0.15, 0.2) is 24.5 Å². The van der Waals surface area contributed by atoms with Crippen LogP contribution >= 0.6 is 0 Å². The summed E-state index contributed by atoms with van der Waals surface area (Å²) >= 11 is 0. The third-order valence-electron chi connectivity index (χ3n) is 6.92. The molecule has 2 atom stereocenters. The first-order valence-corrected chi connectivity index (χ1v) is 12.4. The molecule has 10 heteroatoms. The molecule has 1 aromatic carbocycles. The van der Waals surface area contributed by atoms with Gasteiger partial charge in [-0.15, -0.1) is 0 Å². The van der Waals surface area contributed by atoms with Gasteiger partial charge >= 0.3 is 0 Å². The molecule has 2 aromatic heterocycles. The molecule has 1 saturated carbocycles. The van der Waals surface area contributed by atoms with Crippen molar-refractivity contribution in [1.82, 2.24) is 25.2 Å². The summed E-state index contributed by atoms with van der Waals surface area (Å²) in [5, 5.41) is 13.5. The number of aromatic nitrogens is 3. The van der Waals surface area contributed by atoms with E-state index >= 15 is 0 Å². The number of amides is 2. The molecule has 0 spiro atoms. The molecule has 3 heterocycles. The van der Waals surface area contributed by atoms with E-state index < -0.39 is 18.0 Å². The first-order chi connectivity index (χ1) is 17.4. The number of ether oxygens (including phenoxy) is 1. The van der Waals surface area contributed by atoms with Gasteiger partial charge in [0.25, 0.3) is 5.91 Å². The van der Waals surface area contributed by atoms with Crippen molar-refractivity contribution in [3.63, 3.8) is 0 Å². The molecule has 0 bridgehead atoms. The van der Waals surface area contributed by atoms with Gasteiger partial charge in [0.2, 0.25) is 5.91 Å². The van der Waals surface area contributed by atoms with Crippen LogP contribution in [-0.2, 0) is 4.79 Å². The molecule has 3 N–H and O–H groups in total. The predicted octanol–water partition coefficient (Wildman–Crippen LogP) is 2.96. The minimum Gasteiger partial charge on any atom is -0.492 e. The molecule has 1 saturated heterocycles. The Balaban J connectivity index is 1.42. The Kier molecular flexibility index (Phi) is 6.61. The Bertz CT molecular complexity index is 1300. The fraction of sp³-hybridized carbons (Fsp3) is 0.462. The first kappa shape index (κ1) is 24.2. The number of nitrogens with one attached hydrogen (secondary N) is 2. The van der Waals surface area contributed by atoms with Gasteiger partial charge in [0.05, 0.1) is 29.8 Å². The number of piperidine rings is 1. The van der Waals surface area contributed by atoms with Gasteiger partial charge in [-0.3, -0.25) is 9.59 Å². The van der Waals surface area contributed by atoms with Crippen LogP contribution in [0, 0.1) is 18.7 Å². The van der Waals surface area contributed by atoms with Crippen LogP contribution in [0.4, 0.5) is 4.39 Å². The molecule has 1 aliphatic carbocycles. The molecule has 0 radical (unpaired) electrons. The lowest BCUT2D eigenvalue weighted by Crippen LogP contribution is -2.55. The number of aromatic amines is 1. The molecule has 9 nitrogen and oxygen atoms in total. The number of benzene rings is 1. The number of aliphatic hydroxyl groups is 1. The van der Waals surface area contributed by atoms with E-state index in [2.05, 4.69) is 20.3 Å². The molecule has 1 aliphatic heterocycles.